The van der Waals surface area contributed by atoms with Gasteiger partial charge in [-0.25, -0.2) is 4.98 Å². The highest BCUT2D eigenvalue weighted by Crippen LogP contribution is 2.27. The highest BCUT2D eigenvalue weighted by Gasteiger charge is 2.21. The van der Waals surface area contributed by atoms with Crippen LogP contribution in [0.1, 0.15) is 32.5 Å². The summed E-state index contributed by atoms with van der Waals surface area (Å²) in [5, 5.41) is 6.52. The molecular formula is C13H13N3OS. The van der Waals surface area contributed by atoms with Crippen LogP contribution in [0.25, 0.3) is 0 Å². The molecule has 3 rings (SSSR count). The van der Waals surface area contributed by atoms with Crippen LogP contribution >= 0.6 is 11.3 Å². The van der Waals surface area contributed by atoms with Crippen LogP contribution in [0.5, 0.6) is 0 Å². The first-order chi connectivity index (χ1) is 8.74. The Morgan fingerprint density at radius 3 is 3.06 bits per heavy atom. The molecule has 92 valence electrons. The number of carbonyl (C=O) groups excluding carboxylic acids is 1. The average molecular weight is 259 g/mol. The molecule has 1 amide bonds. The van der Waals surface area contributed by atoms with Crippen LogP contribution in [0.2, 0.25) is 0 Å². The molecule has 18 heavy (non-hydrogen) atoms. The van der Waals surface area contributed by atoms with Crippen molar-refractivity contribution in [1.29, 1.82) is 0 Å². The fraction of sp³-hybridized carbons (Fsp3) is 0.231. The first-order valence-corrected chi connectivity index (χ1v) is 6.66. The second-order valence-corrected chi connectivity index (χ2v) is 5.28. The van der Waals surface area contributed by atoms with Crippen molar-refractivity contribution in [2.24, 2.45) is 5.73 Å². The van der Waals surface area contributed by atoms with Crippen LogP contribution in [0, 0.1) is 0 Å². The van der Waals surface area contributed by atoms with Gasteiger partial charge < -0.3 is 11.1 Å². The molecule has 5 heteroatoms. The highest BCUT2D eigenvalue weighted by atomic mass is 32.1. The van der Waals surface area contributed by atoms with E-state index in [-0.39, 0.29) is 11.9 Å². The number of carbonyl (C=O) groups is 1. The van der Waals surface area contributed by atoms with Crippen molar-refractivity contribution >= 4 is 17.2 Å². The molecule has 0 radical (unpaired) electrons. The minimum absolute atomic E-state index is 0.237. The third-order valence-electron chi connectivity index (χ3n) is 3.20. The van der Waals surface area contributed by atoms with Gasteiger partial charge in [0.05, 0.1) is 6.04 Å². The molecule has 0 saturated heterocycles. The van der Waals surface area contributed by atoms with Crippen molar-refractivity contribution in [3.8, 4) is 0 Å². The average Bonchev–Trinajstić information content (AvgIpc) is 2.91. The summed E-state index contributed by atoms with van der Waals surface area (Å²) in [4.78, 5) is 15.5. The fourth-order valence-electron chi connectivity index (χ4n) is 2.25. The molecule has 1 aliphatic rings. The van der Waals surface area contributed by atoms with Gasteiger partial charge in [0.1, 0.15) is 5.01 Å². The molecule has 1 aliphatic heterocycles. The molecule has 0 spiro atoms. The molecule has 1 aromatic heterocycles. The van der Waals surface area contributed by atoms with Gasteiger partial charge in [0.25, 0.3) is 0 Å². The lowest BCUT2D eigenvalue weighted by Crippen LogP contribution is -2.28. The number of nitrogens with zero attached hydrogens (tertiary/aromatic N) is 1. The second kappa shape index (κ2) is 4.51. The third-order valence-corrected chi connectivity index (χ3v) is 4.09. The van der Waals surface area contributed by atoms with Crippen molar-refractivity contribution < 1.29 is 4.79 Å². The van der Waals surface area contributed by atoms with Crippen molar-refractivity contribution in [2.75, 3.05) is 0 Å². The van der Waals surface area contributed by atoms with Crippen LogP contribution in [-0.4, -0.2) is 10.9 Å². The van der Waals surface area contributed by atoms with Gasteiger partial charge in [0.15, 0.2) is 0 Å². The lowest BCUT2D eigenvalue weighted by molar-refractivity contribution is 0.1000. The van der Waals surface area contributed by atoms with Gasteiger partial charge in [-0.05, 0) is 29.7 Å². The number of thiazole rings is 1. The van der Waals surface area contributed by atoms with E-state index in [4.69, 9.17) is 5.73 Å². The SMILES string of the molecule is NC(=O)c1ccc2c(c1)CC(c1nccs1)NC2. The Kier molecular flexibility index (Phi) is 2.85. The van der Waals surface area contributed by atoms with Gasteiger partial charge in [-0.2, -0.15) is 0 Å². The van der Waals surface area contributed by atoms with E-state index in [2.05, 4.69) is 10.3 Å². The van der Waals surface area contributed by atoms with E-state index in [1.165, 1.54) is 11.1 Å². The molecule has 0 bridgehead atoms. The van der Waals surface area contributed by atoms with E-state index in [9.17, 15) is 4.79 Å². The van der Waals surface area contributed by atoms with Crippen LogP contribution in [0.3, 0.4) is 0 Å². The van der Waals surface area contributed by atoms with Gasteiger partial charge in [-0.1, -0.05) is 6.07 Å². The van der Waals surface area contributed by atoms with Gasteiger partial charge in [0, 0.05) is 23.7 Å². The predicted octanol–water partition coefficient (Wildman–Crippen LogP) is 1.63. The number of nitrogens with one attached hydrogen (secondary N) is 1. The summed E-state index contributed by atoms with van der Waals surface area (Å²) < 4.78 is 0. The maximum atomic E-state index is 11.2. The Labute approximate surface area is 109 Å². The molecule has 1 atom stereocenters. The number of amides is 1. The van der Waals surface area contributed by atoms with Gasteiger partial charge in [0.2, 0.25) is 5.91 Å². The van der Waals surface area contributed by atoms with Crippen molar-refractivity contribution in [1.82, 2.24) is 10.3 Å². The van der Waals surface area contributed by atoms with Crippen molar-refractivity contribution in [3.63, 3.8) is 0 Å². The maximum Gasteiger partial charge on any atom is 0.248 e. The van der Waals surface area contributed by atoms with E-state index in [0.717, 1.165) is 18.0 Å². The molecule has 2 heterocycles. The zero-order valence-electron chi connectivity index (χ0n) is 9.72. The van der Waals surface area contributed by atoms with Crippen LogP contribution in [0.4, 0.5) is 0 Å². The first kappa shape index (κ1) is 11.4. The zero-order valence-corrected chi connectivity index (χ0v) is 10.5. The number of aromatic nitrogens is 1. The molecule has 3 N–H and O–H groups in total. The second-order valence-electron chi connectivity index (χ2n) is 4.36. The molecule has 4 nitrogen and oxygen atoms in total. The number of benzene rings is 1. The molecule has 2 aromatic rings. The normalized spacial score (nSPS) is 18.3. The number of rotatable bonds is 2. The zero-order chi connectivity index (χ0) is 12.5. The lowest BCUT2D eigenvalue weighted by atomic mass is 9.94. The van der Waals surface area contributed by atoms with Gasteiger partial charge in [-0.3, -0.25) is 4.79 Å². The summed E-state index contributed by atoms with van der Waals surface area (Å²) >= 11 is 1.65. The van der Waals surface area contributed by atoms with Crippen LogP contribution in [-0.2, 0) is 13.0 Å². The van der Waals surface area contributed by atoms with Crippen LogP contribution in [0.15, 0.2) is 29.8 Å². The summed E-state index contributed by atoms with van der Waals surface area (Å²) in [7, 11) is 0. The topological polar surface area (TPSA) is 68.0 Å². The standard InChI is InChI=1S/C13H13N3OS/c14-12(17)8-1-2-9-7-16-11(6-10(9)5-8)13-15-3-4-18-13/h1-5,11,16H,6-7H2,(H2,14,17). The molecule has 0 fully saturated rings. The Balaban J connectivity index is 1.91. The number of fused-ring (bicyclic) bond motifs is 1. The van der Waals surface area contributed by atoms with E-state index in [1.54, 1.807) is 17.4 Å². The van der Waals surface area contributed by atoms with E-state index in [0.29, 0.717) is 5.56 Å². The lowest BCUT2D eigenvalue weighted by Gasteiger charge is -2.25. The molecular weight excluding hydrogens is 246 g/mol. The van der Waals surface area contributed by atoms with E-state index < -0.39 is 0 Å². The fourth-order valence-corrected chi connectivity index (χ4v) is 2.96. The monoisotopic (exact) mass is 259 g/mol. The van der Waals surface area contributed by atoms with Crippen molar-refractivity contribution in [3.05, 3.63) is 51.5 Å². The maximum absolute atomic E-state index is 11.2. The smallest absolute Gasteiger partial charge is 0.248 e. The van der Waals surface area contributed by atoms with E-state index >= 15 is 0 Å². The Bertz CT molecular complexity index is 580. The van der Waals surface area contributed by atoms with E-state index in [1.807, 2.05) is 23.7 Å². The molecule has 0 aliphatic carbocycles. The Morgan fingerprint density at radius 2 is 2.33 bits per heavy atom. The quantitative estimate of drug-likeness (QED) is 0.861. The van der Waals surface area contributed by atoms with Gasteiger partial charge in [-0.15, -0.1) is 11.3 Å². The minimum Gasteiger partial charge on any atom is -0.366 e. The molecule has 1 unspecified atom stereocenters. The highest BCUT2D eigenvalue weighted by molar-refractivity contribution is 7.09. The number of nitrogens with two attached hydrogens (primary N) is 1. The predicted molar refractivity (Wildman–Crippen MR) is 70.4 cm³/mol. The van der Waals surface area contributed by atoms with Crippen molar-refractivity contribution in [2.45, 2.75) is 19.0 Å². The Hall–Kier alpha value is -1.72. The summed E-state index contributed by atoms with van der Waals surface area (Å²) in [5.41, 5.74) is 8.30. The van der Waals surface area contributed by atoms with Gasteiger partial charge >= 0.3 is 0 Å². The number of hydrogen-bond acceptors (Lipinski definition) is 4. The minimum atomic E-state index is -0.373. The van der Waals surface area contributed by atoms with Crippen LogP contribution < -0.4 is 11.1 Å². The molecule has 1 aromatic carbocycles. The summed E-state index contributed by atoms with van der Waals surface area (Å²) in [6.07, 6.45) is 2.67. The first-order valence-electron chi connectivity index (χ1n) is 5.78. The largest absolute Gasteiger partial charge is 0.366 e. The molecule has 0 saturated carbocycles. The number of hydrogen-bond donors (Lipinski definition) is 2. The Morgan fingerprint density at radius 1 is 1.44 bits per heavy atom. The summed E-state index contributed by atoms with van der Waals surface area (Å²) in [6, 6.07) is 5.90. The summed E-state index contributed by atoms with van der Waals surface area (Å²) in [6.45, 7) is 0.804. The summed E-state index contributed by atoms with van der Waals surface area (Å²) in [5.74, 6) is -0.373. The third kappa shape index (κ3) is 2.02. The number of primary amides is 1.